The maximum absolute atomic E-state index is 12.2. The summed E-state index contributed by atoms with van der Waals surface area (Å²) in [5.74, 6) is -0.0637. The van der Waals surface area contributed by atoms with Crippen molar-refractivity contribution in [3.63, 3.8) is 0 Å². The van der Waals surface area contributed by atoms with Gasteiger partial charge < -0.3 is 10.1 Å². The van der Waals surface area contributed by atoms with E-state index >= 15 is 0 Å². The molecular formula is C18H22ClN3O2. The third-order valence-corrected chi connectivity index (χ3v) is 4.90. The Balaban J connectivity index is 1.60. The van der Waals surface area contributed by atoms with Crippen LogP contribution in [0.15, 0.2) is 24.3 Å². The van der Waals surface area contributed by atoms with Gasteiger partial charge in [0.05, 0.1) is 29.1 Å². The molecule has 5 nitrogen and oxygen atoms in total. The first-order valence-corrected chi connectivity index (χ1v) is 8.60. The van der Waals surface area contributed by atoms with Gasteiger partial charge in [0, 0.05) is 18.7 Å². The number of ether oxygens (including phenoxy) is 1. The molecule has 1 aliphatic rings. The van der Waals surface area contributed by atoms with E-state index in [1.807, 2.05) is 42.8 Å². The molecule has 1 saturated heterocycles. The van der Waals surface area contributed by atoms with Crippen LogP contribution in [0.5, 0.6) is 0 Å². The Morgan fingerprint density at radius 1 is 1.38 bits per heavy atom. The fraction of sp³-hybridized carbons (Fsp3) is 0.444. The van der Waals surface area contributed by atoms with Crippen molar-refractivity contribution in [2.45, 2.75) is 39.3 Å². The van der Waals surface area contributed by atoms with Crippen LogP contribution in [0.2, 0.25) is 5.02 Å². The maximum Gasteiger partial charge on any atom is 0.251 e. The van der Waals surface area contributed by atoms with Crippen LogP contribution in [0.4, 0.5) is 0 Å². The number of rotatable bonds is 5. The third-order valence-electron chi connectivity index (χ3n) is 4.36. The lowest BCUT2D eigenvalue weighted by atomic mass is 10.1. The number of hydrogen-bond acceptors (Lipinski definition) is 3. The average molecular weight is 348 g/mol. The van der Waals surface area contributed by atoms with Crippen molar-refractivity contribution in [2.75, 3.05) is 13.2 Å². The molecule has 24 heavy (non-hydrogen) atoms. The molecule has 6 heteroatoms. The highest BCUT2D eigenvalue weighted by Gasteiger charge is 2.16. The molecule has 1 aliphatic heterocycles. The minimum atomic E-state index is -0.0637. The summed E-state index contributed by atoms with van der Waals surface area (Å²) < 4.78 is 7.39. The molecule has 0 unspecified atom stereocenters. The van der Waals surface area contributed by atoms with Crippen LogP contribution in [0, 0.1) is 13.8 Å². The molecule has 2 heterocycles. The summed E-state index contributed by atoms with van der Waals surface area (Å²) in [5, 5.41) is 8.07. The standard InChI is InChI=1S/C18H22ClN3O2/c1-12-17(19)13(2)22(21-12)11-14-5-7-15(8-6-14)18(23)20-10-16-4-3-9-24-16/h5-8,16H,3-4,9-11H2,1-2H3,(H,20,23)/t16-/m0/s1. The first-order chi connectivity index (χ1) is 11.5. The van der Waals surface area contributed by atoms with Gasteiger partial charge in [-0.3, -0.25) is 9.48 Å². The molecule has 0 saturated carbocycles. The van der Waals surface area contributed by atoms with Gasteiger partial charge in [0.2, 0.25) is 0 Å². The maximum atomic E-state index is 12.2. The van der Waals surface area contributed by atoms with Crippen molar-refractivity contribution >= 4 is 17.5 Å². The highest BCUT2D eigenvalue weighted by Crippen LogP contribution is 2.20. The summed E-state index contributed by atoms with van der Waals surface area (Å²) in [6.45, 7) is 5.86. The van der Waals surface area contributed by atoms with E-state index in [0.717, 1.165) is 36.4 Å². The second-order valence-corrected chi connectivity index (χ2v) is 6.56. The minimum absolute atomic E-state index is 0.0637. The van der Waals surface area contributed by atoms with E-state index in [-0.39, 0.29) is 12.0 Å². The molecule has 1 N–H and O–H groups in total. The van der Waals surface area contributed by atoms with Crippen LogP contribution in [-0.4, -0.2) is 34.9 Å². The fourth-order valence-corrected chi connectivity index (χ4v) is 3.01. The van der Waals surface area contributed by atoms with Crippen LogP contribution < -0.4 is 5.32 Å². The Hall–Kier alpha value is -1.85. The van der Waals surface area contributed by atoms with Gasteiger partial charge >= 0.3 is 0 Å². The first-order valence-electron chi connectivity index (χ1n) is 8.23. The number of nitrogens with zero attached hydrogens (tertiary/aromatic N) is 2. The van der Waals surface area contributed by atoms with Crippen LogP contribution in [0.25, 0.3) is 0 Å². The Kier molecular flexibility index (Phi) is 5.21. The number of aryl methyl sites for hydroxylation is 1. The van der Waals surface area contributed by atoms with Crippen LogP contribution in [-0.2, 0) is 11.3 Å². The number of amides is 1. The zero-order valence-corrected chi connectivity index (χ0v) is 14.8. The normalized spacial score (nSPS) is 17.2. The predicted molar refractivity (Wildman–Crippen MR) is 93.6 cm³/mol. The molecule has 3 rings (SSSR count). The van der Waals surface area contributed by atoms with Crippen molar-refractivity contribution in [1.82, 2.24) is 15.1 Å². The lowest BCUT2D eigenvalue weighted by Gasteiger charge is -2.11. The van der Waals surface area contributed by atoms with Crippen molar-refractivity contribution in [3.8, 4) is 0 Å². The predicted octanol–water partition coefficient (Wildman–Crippen LogP) is 3.11. The van der Waals surface area contributed by atoms with E-state index in [2.05, 4.69) is 10.4 Å². The van der Waals surface area contributed by atoms with Gasteiger partial charge in [-0.25, -0.2) is 0 Å². The average Bonchev–Trinajstić information content (AvgIpc) is 3.19. The Labute approximate surface area is 147 Å². The highest BCUT2D eigenvalue weighted by molar-refractivity contribution is 6.31. The summed E-state index contributed by atoms with van der Waals surface area (Å²) in [6, 6.07) is 7.58. The lowest BCUT2D eigenvalue weighted by molar-refractivity contribution is 0.0858. The van der Waals surface area contributed by atoms with E-state index in [9.17, 15) is 4.79 Å². The van der Waals surface area contributed by atoms with E-state index < -0.39 is 0 Å². The first kappa shape index (κ1) is 17.0. The number of aromatic nitrogens is 2. The van der Waals surface area contributed by atoms with Crippen LogP contribution in [0.1, 0.15) is 40.2 Å². The van der Waals surface area contributed by atoms with Gasteiger partial charge in [-0.1, -0.05) is 23.7 Å². The highest BCUT2D eigenvalue weighted by atomic mass is 35.5. The van der Waals surface area contributed by atoms with E-state index in [1.165, 1.54) is 0 Å². The second-order valence-electron chi connectivity index (χ2n) is 6.18. The summed E-state index contributed by atoms with van der Waals surface area (Å²) in [6.07, 6.45) is 2.25. The topological polar surface area (TPSA) is 56.2 Å². The molecular weight excluding hydrogens is 326 g/mol. The summed E-state index contributed by atoms with van der Waals surface area (Å²) >= 11 is 6.17. The van der Waals surface area contributed by atoms with E-state index in [4.69, 9.17) is 16.3 Å². The van der Waals surface area contributed by atoms with Gasteiger partial charge in [-0.2, -0.15) is 5.10 Å². The third kappa shape index (κ3) is 3.79. The quantitative estimate of drug-likeness (QED) is 0.904. The smallest absolute Gasteiger partial charge is 0.251 e. The molecule has 1 atom stereocenters. The molecule has 0 spiro atoms. The SMILES string of the molecule is Cc1nn(Cc2ccc(C(=O)NC[C@@H]3CCCO3)cc2)c(C)c1Cl. The zero-order valence-electron chi connectivity index (χ0n) is 14.0. The number of nitrogens with one attached hydrogen (secondary N) is 1. The zero-order chi connectivity index (χ0) is 17.1. The van der Waals surface area contributed by atoms with Gasteiger partial charge in [-0.05, 0) is 44.4 Å². The molecule has 1 aromatic carbocycles. The minimum Gasteiger partial charge on any atom is -0.376 e. The Morgan fingerprint density at radius 3 is 2.71 bits per heavy atom. The molecule has 128 valence electrons. The fourth-order valence-electron chi connectivity index (χ4n) is 2.88. The molecule has 1 amide bonds. The molecule has 0 aliphatic carbocycles. The van der Waals surface area contributed by atoms with Crippen molar-refractivity contribution in [2.24, 2.45) is 0 Å². The van der Waals surface area contributed by atoms with Gasteiger partial charge in [0.15, 0.2) is 0 Å². The molecule has 1 aromatic heterocycles. The van der Waals surface area contributed by atoms with E-state index in [0.29, 0.717) is 23.7 Å². The Bertz CT molecular complexity index is 719. The molecule has 1 fully saturated rings. The van der Waals surface area contributed by atoms with Gasteiger partial charge in [-0.15, -0.1) is 0 Å². The van der Waals surface area contributed by atoms with Crippen molar-refractivity contribution < 1.29 is 9.53 Å². The number of hydrogen-bond donors (Lipinski definition) is 1. The van der Waals surface area contributed by atoms with Gasteiger partial charge in [0.1, 0.15) is 0 Å². The summed E-state index contributed by atoms with van der Waals surface area (Å²) in [7, 11) is 0. The lowest BCUT2D eigenvalue weighted by Crippen LogP contribution is -2.31. The number of benzene rings is 1. The van der Waals surface area contributed by atoms with Crippen LogP contribution >= 0.6 is 11.6 Å². The molecule has 0 bridgehead atoms. The second kappa shape index (κ2) is 7.36. The van der Waals surface area contributed by atoms with Crippen LogP contribution in [0.3, 0.4) is 0 Å². The number of carbonyl (C=O) groups excluding carboxylic acids is 1. The van der Waals surface area contributed by atoms with Gasteiger partial charge in [0.25, 0.3) is 5.91 Å². The largest absolute Gasteiger partial charge is 0.376 e. The molecule has 0 radical (unpaired) electrons. The molecule has 2 aromatic rings. The monoisotopic (exact) mass is 347 g/mol. The Morgan fingerprint density at radius 2 is 2.12 bits per heavy atom. The van der Waals surface area contributed by atoms with Crippen molar-refractivity contribution in [3.05, 3.63) is 51.8 Å². The summed E-state index contributed by atoms with van der Waals surface area (Å²) in [4.78, 5) is 12.2. The number of carbonyl (C=O) groups is 1. The number of halogens is 1. The van der Waals surface area contributed by atoms with Crippen molar-refractivity contribution in [1.29, 1.82) is 0 Å². The van der Waals surface area contributed by atoms with E-state index in [1.54, 1.807) is 0 Å². The summed E-state index contributed by atoms with van der Waals surface area (Å²) in [5.41, 5.74) is 3.52.